The van der Waals surface area contributed by atoms with E-state index in [2.05, 4.69) is 17.2 Å². The lowest BCUT2D eigenvalue weighted by atomic mass is 10.2. The van der Waals surface area contributed by atoms with Crippen LogP contribution in [0.15, 0.2) is 30.5 Å². The first-order valence-electron chi connectivity index (χ1n) is 6.03. The van der Waals surface area contributed by atoms with Crippen LogP contribution in [0, 0.1) is 20.2 Å². The Balaban J connectivity index is 2.97. The number of rotatable bonds is 7. The lowest BCUT2D eigenvalue weighted by Gasteiger charge is -2.09. The second kappa shape index (κ2) is 6.98. The van der Waals surface area contributed by atoms with Gasteiger partial charge in [0.25, 0.3) is 17.3 Å². The molecule has 0 aliphatic carbocycles. The summed E-state index contributed by atoms with van der Waals surface area (Å²) < 4.78 is 0. The number of nitrogens with zero attached hydrogens (tertiary/aromatic N) is 2. The van der Waals surface area contributed by atoms with E-state index in [4.69, 9.17) is 0 Å². The summed E-state index contributed by atoms with van der Waals surface area (Å²) in [5.41, 5.74) is -1.04. The summed E-state index contributed by atoms with van der Waals surface area (Å²) in [6, 6.07) is 3.08. The Bertz CT molecular complexity index is 599. The Morgan fingerprint density at radius 2 is 1.95 bits per heavy atom. The lowest BCUT2D eigenvalue weighted by molar-refractivity contribution is -0.393. The molecule has 0 fully saturated rings. The van der Waals surface area contributed by atoms with Crippen molar-refractivity contribution in [3.05, 3.63) is 50.7 Å². The molecular weight excluding hydrogens is 280 g/mol. The molecule has 0 bridgehead atoms. The smallest absolute Gasteiger partial charge is 0.299 e. The van der Waals surface area contributed by atoms with Gasteiger partial charge in [-0.05, 0) is 12.5 Å². The zero-order valence-electron chi connectivity index (χ0n) is 11.3. The Morgan fingerprint density at radius 1 is 1.29 bits per heavy atom. The molecule has 0 radical (unpaired) electrons. The first kappa shape index (κ1) is 16.1. The summed E-state index contributed by atoms with van der Waals surface area (Å²) in [5, 5.41) is 26.6. The number of nitro benzene ring substituents is 2. The summed E-state index contributed by atoms with van der Waals surface area (Å²) in [6.45, 7) is 5.80. The average Bonchev–Trinajstić information content (AvgIpc) is 2.44. The molecule has 0 aliphatic heterocycles. The fourth-order valence-electron chi connectivity index (χ4n) is 1.45. The molecule has 0 atom stereocenters. The molecule has 0 heterocycles. The minimum Gasteiger partial charge on any atom is -0.351 e. The predicted octanol–water partition coefficient (Wildman–Crippen LogP) is 1.95. The van der Waals surface area contributed by atoms with Gasteiger partial charge in [-0.1, -0.05) is 13.5 Å². The molecule has 0 spiro atoms. The molecule has 1 aromatic rings. The third kappa shape index (κ3) is 4.27. The SMILES string of the molecule is C=C(Nc1ccc([N+](=O)[O-])cc1[N+](=O)[O-])C(=O)NCCC. The van der Waals surface area contributed by atoms with E-state index in [1.807, 2.05) is 6.92 Å². The van der Waals surface area contributed by atoms with Crippen LogP contribution in [0.3, 0.4) is 0 Å². The maximum atomic E-state index is 11.6. The zero-order valence-corrected chi connectivity index (χ0v) is 11.3. The van der Waals surface area contributed by atoms with Crippen molar-refractivity contribution in [3.8, 4) is 0 Å². The van der Waals surface area contributed by atoms with E-state index in [0.29, 0.717) is 6.54 Å². The molecule has 0 aromatic heterocycles. The summed E-state index contributed by atoms with van der Waals surface area (Å²) in [4.78, 5) is 31.7. The van der Waals surface area contributed by atoms with Crippen molar-refractivity contribution >= 4 is 23.0 Å². The summed E-state index contributed by atoms with van der Waals surface area (Å²) in [5.74, 6) is -0.496. The van der Waals surface area contributed by atoms with Crippen molar-refractivity contribution in [2.45, 2.75) is 13.3 Å². The number of hydrogen-bond acceptors (Lipinski definition) is 6. The molecule has 0 saturated carbocycles. The summed E-state index contributed by atoms with van der Waals surface area (Å²) in [7, 11) is 0. The number of carbonyl (C=O) groups is 1. The molecule has 9 heteroatoms. The molecule has 1 amide bonds. The number of hydrogen-bond donors (Lipinski definition) is 2. The fourth-order valence-corrected chi connectivity index (χ4v) is 1.45. The van der Waals surface area contributed by atoms with Gasteiger partial charge in [-0.25, -0.2) is 0 Å². The van der Waals surface area contributed by atoms with E-state index in [1.54, 1.807) is 0 Å². The number of nitrogens with one attached hydrogen (secondary N) is 2. The molecule has 9 nitrogen and oxygen atoms in total. The van der Waals surface area contributed by atoms with Gasteiger partial charge in [0, 0.05) is 12.6 Å². The highest BCUT2D eigenvalue weighted by atomic mass is 16.6. The van der Waals surface area contributed by atoms with Gasteiger partial charge in [0.15, 0.2) is 0 Å². The van der Waals surface area contributed by atoms with E-state index in [-0.39, 0.29) is 11.4 Å². The standard InChI is InChI=1S/C12H14N4O5/c1-3-6-13-12(17)8(2)14-10-5-4-9(15(18)19)7-11(10)16(20)21/h4-5,7,14H,2-3,6H2,1H3,(H,13,17). The van der Waals surface area contributed by atoms with Crippen LogP contribution < -0.4 is 10.6 Å². The van der Waals surface area contributed by atoms with Gasteiger partial charge in [0.05, 0.1) is 21.6 Å². The van der Waals surface area contributed by atoms with Crippen molar-refractivity contribution in [3.63, 3.8) is 0 Å². The topological polar surface area (TPSA) is 127 Å². The maximum Gasteiger partial charge on any atom is 0.299 e. The third-order valence-corrected chi connectivity index (χ3v) is 2.48. The lowest BCUT2D eigenvalue weighted by Crippen LogP contribution is -2.28. The van der Waals surface area contributed by atoms with Crippen LogP contribution in [-0.2, 0) is 4.79 Å². The quantitative estimate of drug-likeness (QED) is 0.449. The minimum absolute atomic E-state index is 0.0396. The Morgan fingerprint density at radius 3 is 2.48 bits per heavy atom. The third-order valence-electron chi connectivity index (χ3n) is 2.48. The fraction of sp³-hybridized carbons (Fsp3) is 0.250. The van der Waals surface area contributed by atoms with E-state index in [9.17, 15) is 25.0 Å². The van der Waals surface area contributed by atoms with Crippen molar-refractivity contribution in [2.75, 3.05) is 11.9 Å². The van der Waals surface area contributed by atoms with Crippen LogP contribution in [0.25, 0.3) is 0 Å². The average molecular weight is 294 g/mol. The Hall–Kier alpha value is -2.97. The van der Waals surface area contributed by atoms with Crippen LogP contribution in [0.1, 0.15) is 13.3 Å². The summed E-state index contributed by atoms with van der Waals surface area (Å²) >= 11 is 0. The molecule has 1 rings (SSSR count). The highest BCUT2D eigenvalue weighted by molar-refractivity contribution is 5.96. The molecule has 112 valence electrons. The van der Waals surface area contributed by atoms with Crippen molar-refractivity contribution in [1.29, 1.82) is 0 Å². The van der Waals surface area contributed by atoms with Gasteiger partial charge in [-0.2, -0.15) is 0 Å². The predicted molar refractivity (Wildman–Crippen MR) is 75.8 cm³/mol. The second-order valence-corrected chi connectivity index (χ2v) is 4.08. The highest BCUT2D eigenvalue weighted by Gasteiger charge is 2.20. The number of anilines is 1. The van der Waals surface area contributed by atoms with Gasteiger partial charge >= 0.3 is 0 Å². The van der Waals surface area contributed by atoms with Gasteiger partial charge in [0.2, 0.25) is 0 Å². The van der Waals surface area contributed by atoms with Crippen LogP contribution in [0.5, 0.6) is 0 Å². The number of benzene rings is 1. The molecule has 0 saturated heterocycles. The number of amides is 1. The van der Waals surface area contributed by atoms with E-state index < -0.39 is 27.1 Å². The molecule has 0 unspecified atom stereocenters. The zero-order chi connectivity index (χ0) is 16.0. The van der Waals surface area contributed by atoms with Gasteiger partial charge in [0.1, 0.15) is 5.69 Å². The van der Waals surface area contributed by atoms with Crippen molar-refractivity contribution < 1.29 is 14.6 Å². The number of non-ortho nitro benzene ring substituents is 1. The second-order valence-electron chi connectivity index (χ2n) is 4.08. The van der Waals surface area contributed by atoms with Crippen molar-refractivity contribution in [1.82, 2.24) is 5.32 Å². The first-order chi connectivity index (χ1) is 9.86. The number of nitro groups is 2. The molecular formula is C12H14N4O5. The largest absolute Gasteiger partial charge is 0.351 e. The van der Waals surface area contributed by atoms with Crippen LogP contribution in [0.2, 0.25) is 0 Å². The highest BCUT2D eigenvalue weighted by Crippen LogP contribution is 2.29. The van der Waals surface area contributed by atoms with E-state index in [0.717, 1.165) is 24.6 Å². The number of carbonyl (C=O) groups excluding carboxylic acids is 1. The summed E-state index contributed by atoms with van der Waals surface area (Å²) in [6.07, 6.45) is 0.733. The minimum atomic E-state index is -0.771. The van der Waals surface area contributed by atoms with E-state index >= 15 is 0 Å². The van der Waals surface area contributed by atoms with Gasteiger partial charge in [-0.3, -0.25) is 25.0 Å². The van der Waals surface area contributed by atoms with Crippen LogP contribution in [0.4, 0.5) is 17.1 Å². The molecule has 0 aliphatic rings. The maximum absolute atomic E-state index is 11.6. The Kier molecular flexibility index (Phi) is 5.35. The van der Waals surface area contributed by atoms with Crippen LogP contribution in [-0.4, -0.2) is 22.3 Å². The van der Waals surface area contributed by atoms with E-state index in [1.165, 1.54) is 0 Å². The Labute approximate surface area is 119 Å². The van der Waals surface area contributed by atoms with Gasteiger partial charge < -0.3 is 10.6 Å². The van der Waals surface area contributed by atoms with Crippen molar-refractivity contribution in [2.24, 2.45) is 0 Å². The van der Waals surface area contributed by atoms with Gasteiger partial charge in [-0.15, -0.1) is 0 Å². The van der Waals surface area contributed by atoms with Crippen LogP contribution >= 0.6 is 0 Å². The monoisotopic (exact) mass is 294 g/mol. The molecule has 1 aromatic carbocycles. The molecule has 21 heavy (non-hydrogen) atoms. The first-order valence-corrected chi connectivity index (χ1v) is 6.03. The normalized spacial score (nSPS) is 9.76. The molecule has 2 N–H and O–H groups in total.